The summed E-state index contributed by atoms with van der Waals surface area (Å²) in [6.07, 6.45) is 2.94. The first kappa shape index (κ1) is 17.9. The summed E-state index contributed by atoms with van der Waals surface area (Å²) < 4.78 is 0. The Labute approximate surface area is 129 Å². The topological polar surface area (TPSA) is 40.5 Å². The minimum absolute atomic E-state index is 0.157. The molecule has 3 nitrogen and oxygen atoms in total. The number of Topliss-reactive ketones (excluding diaryl/α,β-unsaturated/α-hetero) is 1. The number of hydrogen-bond acceptors (Lipinski definition) is 3. The van der Waals surface area contributed by atoms with E-state index in [1.807, 2.05) is 30.3 Å². The predicted octanol–water partition coefficient (Wildman–Crippen LogP) is 3.38. The van der Waals surface area contributed by atoms with Crippen LogP contribution in [0, 0.1) is 5.41 Å². The summed E-state index contributed by atoms with van der Waals surface area (Å²) >= 11 is 0. The molecule has 0 heterocycles. The molecular weight excluding hydrogens is 262 g/mol. The third kappa shape index (κ3) is 7.98. The molecule has 0 saturated heterocycles. The highest BCUT2D eigenvalue weighted by Gasteiger charge is 2.14. The Morgan fingerprint density at radius 2 is 1.71 bits per heavy atom. The fraction of sp³-hybridized carbons (Fsp3) is 0.611. The molecule has 118 valence electrons. The van der Waals surface area contributed by atoms with E-state index in [9.17, 15) is 4.79 Å². The number of carbonyl (C=O) groups is 1. The van der Waals surface area contributed by atoms with Gasteiger partial charge in [0.2, 0.25) is 0 Å². The molecular formula is C18H29NO2. The quantitative estimate of drug-likeness (QED) is 0.709. The van der Waals surface area contributed by atoms with Crippen LogP contribution in [-0.2, 0) is 0 Å². The molecule has 0 spiro atoms. The van der Waals surface area contributed by atoms with Gasteiger partial charge in [0.25, 0.3) is 0 Å². The number of aliphatic hydroxyl groups excluding tert-OH is 1. The second kappa shape index (κ2) is 8.96. The largest absolute Gasteiger partial charge is 0.396 e. The smallest absolute Gasteiger partial charge is 0.176 e. The van der Waals surface area contributed by atoms with Crippen LogP contribution in [0.1, 0.15) is 50.4 Å². The van der Waals surface area contributed by atoms with Gasteiger partial charge in [0.05, 0.1) is 6.54 Å². The van der Waals surface area contributed by atoms with Crippen LogP contribution in [0.2, 0.25) is 0 Å². The van der Waals surface area contributed by atoms with Gasteiger partial charge in [0.1, 0.15) is 0 Å². The Bertz CT molecular complexity index is 409. The van der Waals surface area contributed by atoms with Crippen LogP contribution in [0.5, 0.6) is 0 Å². The second-order valence-corrected chi connectivity index (χ2v) is 6.81. The van der Waals surface area contributed by atoms with Gasteiger partial charge in [-0.05, 0) is 31.2 Å². The zero-order valence-corrected chi connectivity index (χ0v) is 13.6. The number of ketones is 1. The molecule has 0 fully saturated rings. The molecule has 3 heteroatoms. The van der Waals surface area contributed by atoms with Crippen molar-refractivity contribution in [3.05, 3.63) is 35.9 Å². The number of carbonyl (C=O) groups excluding carboxylic acids is 1. The molecule has 0 radical (unpaired) electrons. The number of aliphatic hydroxyl groups is 1. The Kier molecular flexibility index (Phi) is 7.62. The van der Waals surface area contributed by atoms with E-state index in [1.165, 1.54) is 0 Å². The van der Waals surface area contributed by atoms with E-state index in [4.69, 9.17) is 5.11 Å². The molecule has 1 aromatic carbocycles. The summed E-state index contributed by atoms with van der Waals surface area (Å²) in [5, 5.41) is 9.01. The van der Waals surface area contributed by atoms with Crippen molar-refractivity contribution in [1.82, 2.24) is 4.90 Å². The lowest BCUT2D eigenvalue weighted by atomic mass is 9.90. The van der Waals surface area contributed by atoms with Crippen molar-refractivity contribution in [2.45, 2.75) is 40.0 Å². The molecule has 21 heavy (non-hydrogen) atoms. The minimum Gasteiger partial charge on any atom is -0.396 e. The van der Waals surface area contributed by atoms with E-state index >= 15 is 0 Å². The van der Waals surface area contributed by atoms with Crippen molar-refractivity contribution in [1.29, 1.82) is 0 Å². The van der Waals surface area contributed by atoms with Crippen molar-refractivity contribution in [2.75, 3.05) is 26.2 Å². The fourth-order valence-electron chi connectivity index (χ4n) is 2.32. The third-order valence-electron chi connectivity index (χ3n) is 3.50. The SMILES string of the molecule is CC(C)(C)CCCN(CCCO)CC(=O)c1ccccc1. The Morgan fingerprint density at radius 3 is 2.29 bits per heavy atom. The molecule has 0 amide bonds. The van der Waals surface area contributed by atoms with Crippen molar-refractivity contribution >= 4 is 5.78 Å². The zero-order valence-electron chi connectivity index (χ0n) is 13.6. The van der Waals surface area contributed by atoms with Crippen LogP contribution in [0.3, 0.4) is 0 Å². The molecule has 1 rings (SSSR count). The summed E-state index contributed by atoms with van der Waals surface area (Å²) in [6, 6.07) is 9.43. The summed E-state index contributed by atoms with van der Waals surface area (Å²) in [5.41, 5.74) is 1.09. The maximum absolute atomic E-state index is 12.3. The Hall–Kier alpha value is -1.19. The number of nitrogens with zero attached hydrogens (tertiary/aromatic N) is 1. The molecule has 0 bridgehead atoms. The summed E-state index contributed by atoms with van der Waals surface area (Å²) in [7, 11) is 0. The van der Waals surface area contributed by atoms with Gasteiger partial charge in [-0.25, -0.2) is 0 Å². The van der Waals surface area contributed by atoms with Crippen LogP contribution >= 0.6 is 0 Å². The van der Waals surface area contributed by atoms with Gasteiger partial charge < -0.3 is 5.11 Å². The molecule has 1 aromatic rings. The van der Waals surface area contributed by atoms with Gasteiger partial charge in [-0.3, -0.25) is 9.69 Å². The highest BCUT2D eigenvalue weighted by atomic mass is 16.3. The second-order valence-electron chi connectivity index (χ2n) is 6.81. The number of benzene rings is 1. The van der Waals surface area contributed by atoms with E-state index in [-0.39, 0.29) is 12.4 Å². The highest BCUT2D eigenvalue weighted by Crippen LogP contribution is 2.20. The van der Waals surface area contributed by atoms with Gasteiger partial charge in [-0.2, -0.15) is 0 Å². The molecule has 0 unspecified atom stereocenters. The van der Waals surface area contributed by atoms with Crippen LogP contribution in [-0.4, -0.2) is 42.0 Å². The first-order valence-electron chi connectivity index (χ1n) is 7.84. The third-order valence-corrected chi connectivity index (χ3v) is 3.50. The highest BCUT2D eigenvalue weighted by molar-refractivity contribution is 5.97. The lowest BCUT2D eigenvalue weighted by molar-refractivity contribution is 0.0920. The Balaban J connectivity index is 2.51. The van der Waals surface area contributed by atoms with Crippen LogP contribution in [0.4, 0.5) is 0 Å². The predicted molar refractivity (Wildman–Crippen MR) is 87.6 cm³/mol. The van der Waals surface area contributed by atoms with Crippen LogP contribution in [0.15, 0.2) is 30.3 Å². The minimum atomic E-state index is 0.157. The molecule has 0 aliphatic rings. The fourth-order valence-corrected chi connectivity index (χ4v) is 2.32. The molecule has 0 aliphatic heterocycles. The monoisotopic (exact) mass is 291 g/mol. The van der Waals surface area contributed by atoms with Crippen LogP contribution < -0.4 is 0 Å². The van der Waals surface area contributed by atoms with Crippen molar-refractivity contribution in [3.8, 4) is 0 Å². The van der Waals surface area contributed by atoms with Crippen molar-refractivity contribution in [3.63, 3.8) is 0 Å². The molecule has 1 N–H and O–H groups in total. The summed E-state index contributed by atoms with van der Waals surface area (Å²) in [6.45, 7) is 9.01. The first-order chi connectivity index (χ1) is 9.92. The Morgan fingerprint density at radius 1 is 1.10 bits per heavy atom. The molecule has 0 atom stereocenters. The van der Waals surface area contributed by atoms with E-state index in [0.29, 0.717) is 12.0 Å². The normalized spacial score (nSPS) is 11.9. The lowest BCUT2D eigenvalue weighted by Gasteiger charge is -2.24. The van der Waals surface area contributed by atoms with Gasteiger partial charge in [-0.15, -0.1) is 0 Å². The van der Waals surface area contributed by atoms with Gasteiger partial charge in [-0.1, -0.05) is 51.1 Å². The maximum atomic E-state index is 12.3. The van der Waals surface area contributed by atoms with Crippen LogP contribution in [0.25, 0.3) is 0 Å². The summed E-state index contributed by atoms with van der Waals surface area (Å²) in [5.74, 6) is 0.157. The van der Waals surface area contributed by atoms with E-state index in [1.54, 1.807) is 0 Å². The average molecular weight is 291 g/mol. The zero-order chi connectivity index (χ0) is 15.7. The molecule has 0 aromatic heterocycles. The van der Waals surface area contributed by atoms with Crippen molar-refractivity contribution < 1.29 is 9.90 Å². The van der Waals surface area contributed by atoms with E-state index in [2.05, 4.69) is 25.7 Å². The van der Waals surface area contributed by atoms with Gasteiger partial charge in [0.15, 0.2) is 5.78 Å². The summed E-state index contributed by atoms with van der Waals surface area (Å²) in [4.78, 5) is 14.4. The first-order valence-corrected chi connectivity index (χ1v) is 7.84. The van der Waals surface area contributed by atoms with E-state index in [0.717, 1.165) is 37.9 Å². The number of rotatable bonds is 9. The number of hydrogen-bond donors (Lipinski definition) is 1. The maximum Gasteiger partial charge on any atom is 0.176 e. The average Bonchev–Trinajstić information content (AvgIpc) is 2.44. The van der Waals surface area contributed by atoms with Crippen molar-refractivity contribution in [2.24, 2.45) is 5.41 Å². The molecule has 0 aliphatic carbocycles. The lowest BCUT2D eigenvalue weighted by Crippen LogP contribution is -2.32. The van der Waals surface area contributed by atoms with E-state index < -0.39 is 0 Å². The molecule has 0 saturated carbocycles. The van der Waals surface area contributed by atoms with Gasteiger partial charge >= 0.3 is 0 Å². The standard InChI is InChI=1S/C18H29NO2/c1-18(2,3)11-7-12-19(13-8-14-20)15-17(21)16-9-5-4-6-10-16/h4-6,9-10,20H,7-8,11-15H2,1-3H3. The van der Waals surface area contributed by atoms with Gasteiger partial charge in [0, 0.05) is 18.7 Å².